The summed E-state index contributed by atoms with van der Waals surface area (Å²) < 4.78 is 2.26. The van der Waals surface area contributed by atoms with Crippen LogP contribution < -0.4 is 5.73 Å². The molecule has 0 unspecified atom stereocenters. The summed E-state index contributed by atoms with van der Waals surface area (Å²) in [5.74, 6) is 1.21. The summed E-state index contributed by atoms with van der Waals surface area (Å²) in [4.78, 5) is 6.91. The van der Waals surface area contributed by atoms with Crippen molar-refractivity contribution in [1.29, 1.82) is 0 Å². The maximum absolute atomic E-state index is 5.65. The van der Waals surface area contributed by atoms with Crippen molar-refractivity contribution in [3.63, 3.8) is 0 Å². The van der Waals surface area contributed by atoms with E-state index in [1.165, 1.54) is 25.2 Å². The Morgan fingerprint density at radius 1 is 1.33 bits per heavy atom. The van der Waals surface area contributed by atoms with Gasteiger partial charge in [0, 0.05) is 25.5 Å². The second kappa shape index (κ2) is 5.85. The van der Waals surface area contributed by atoms with E-state index >= 15 is 0 Å². The van der Waals surface area contributed by atoms with Crippen molar-refractivity contribution in [1.82, 2.24) is 14.5 Å². The molecule has 1 aromatic rings. The average molecular weight is 250 g/mol. The Morgan fingerprint density at radius 3 is 2.94 bits per heavy atom. The average Bonchev–Trinajstić information content (AvgIpc) is 2.75. The molecule has 2 rings (SSSR count). The highest BCUT2D eigenvalue weighted by molar-refractivity contribution is 4.95. The lowest BCUT2D eigenvalue weighted by molar-refractivity contribution is 0.196. The number of nitrogens with zero attached hydrogens (tertiary/aromatic N) is 3. The minimum Gasteiger partial charge on any atom is -0.333 e. The van der Waals surface area contributed by atoms with Crippen LogP contribution in [0.25, 0.3) is 0 Å². The number of aromatic nitrogens is 2. The molecule has 0 bridgehead atoms. The first-order valence-electron chi connectivity index (χ1n) is 7.03. The highest BCUT2D eigenvalue weighted by atomic mass is 15.2. The van der Waals surface area contributed by atoms with Crippen LogP contribution in [0.3, 0.4) is 0 Å². The minimum absolute atomic E-state index is 0.392. The van der Waals surface area contributed by atoms with Crippen LogP contribution in [0.2, 0.25) is 0 Å². The molecule has 1 aromatic heterocycles. The molecule has 0 saturated heterocycles. The third-order valence-corrected chi connectivity index (χ3v) is 3.97. The van der Waals surface area contributed by atoms with Gasteiger partial charge in [-0.2, -0.15) is 0 Å². The Hall–Kier alpha value is -0.870. The predicted molar refractivity (Wildman–Crippen MR) is 74.2 cm³/mol. The van der Waals surface area contributed by atoms with Crippen molar-refractivity contribution in [2.75, 3.05) is 19.6 Å². The van der Waals surface area contributed by atoms with Crippen LogP contribution in [0, 0.1) is 5.41 Å². The molecule has 0 saturated carbocycles. The van der Waals surface area contributed by atoms with Gasteiger partial charge in [0.05, 0.1) is 6.54 Å². The van der Waals surface area contributed by atoms with Crippen LogP contribution in [0.1, 0.15) is 38.9 Å². The van der Waals surface area contributed by atoms with Crippen LogP contribution in [0.4, 0.5) is 0 Å². The van der Waals surface area contributed by atoms with E-state index in [1.54, 1.807) is 0 Å². The topological polar surface area (TPSA) is 47.1 Å². The highest BCUT2D eigenvalue weighted by Gasteiger charge is 2.19. The SMILES string of the molecule is CC(C)(CCN)CCCN1CCn2ccnc2C1. The summed E-state index contributed by atoms with van der Waals surface area (Å²) >= 11 is 0. The fraction of sp³-hybridized carbons (Fsp3) is 0.786. The maximum Gasteiger partial charge on any atom is 0.122 e. The van der Waals surface area contributed by atoms with Gasteiger partial charge >= 0.3 is 0 Å². The summed E-state index contributed by atoms with van der Waals surface area (Å²) in [5.41, 5.74) is 6.04. The molecule has 4 heteroatoms. The zero-order valence-electron chi connectivity index (χ0n) is 11.7. The fourth-order valence-corrected chi connectivity index (χ4v) is 2.71. The van der Waals surface area contributed by atoms with Crippen LogP contribution >= 0.6 is 0 Å². The molecule has 2 N–H and O–H groups in total. The van der Waals surface area contributed by atoms with Crippen molar-refractivity contribution in [2.24, 2.45) is 11.1 Å². The van der Waals surface area contributed by atoms with Gasteiger partial charge in [-0.15, -0.1) is 0 Å². The quantitative estimate of drug-likeness (QED) is 0.838. The van der Waals surface area contributed by atoms with Gasteiger partial charge in [-0.3, -0.25) is 4.90 Å². The monoisotopic (exact) mass is 250 g/mol. The normalized spacial score (nSPS) is 16.8. The zero-order valence-corrected chi connectivity index (χ0v) is 11.7. The van der Waals surface area contributed by atoms with Gasteiger partial charge in [0.2, 0.25) is 0 Å². The van der Waals surface area contributed by atoms with E-state index in [9.17, 15) is 0 Å². The summed E-state index contributed by atoms with van der Waals surface area (Å²) in [5, 5.41) is 0. The lowest BCUT2D eigenvalue weighted by atomic mass is 9.84. The summed E-state index contributed by atoms with van der Waals surface area (Å²) in [7, 11) is 0. The first-order chi connectivity index (χ1) is 8.61. The largest absolute Gasteiger partial charge is 0.333 e. The molecule has 0 radical (unpaired) electrons. The van der Waals surface area contributed by atoms with E-state index in [0.29, 0.717) is 5.41 Å². The van der Waals surface area contributed by atoms with E-state index < -0.39 is 0 Å². The lowest BCUT2D eigenvalue weighted by Gasteiger charge is -2.29. The molecule has 18 heavy (non-hydrogen) atoms. The Morgan fingerprint density at radius 2 is 2.17 bits per heavy atom. The highest BCUT2D eigenvalue weighted by Crippen LogP contribution is 2.26. The first-order valence-corrected chi connectivity index (χ1v) is 7.03. The number of hydrogen-bond donors (Lipinski definition) is 1. The van der Waals surface area contributed by atoms with Gasteiger partial charge in [0.1, 0.15) is 5.82 Å². The van der Waals surface area contributed by atoms with Crippen molar-refractivity contribution in [3.8, 4) is 0 Å². The maximum atomic E-state index is 5.65. The number of fused-ring (bicyclic) bond motifs is 1. The molecule has 1 aliphatic rings. The van der Waals surface area contributed by atoms with Gasteiger partial charge in [0.25, 0.3) is 0 Å². The summed E-state index contributed by atoms with van der Waals surface area (Å²) in [6.07, 6.45) is 7.63. The molecule has 2 heterocycles. The fourth-order valence-electron chi connectivity index (χ4n) is 2.71. The Balaban J connectivity index is 1.73. The number of hydrogen-bond acceptors (Lipinski definition) is 3. The number of nitrogens with two attached hydrogens (primary N) is 1. The molecule has 102 valence electrons. The van der Waals surface area contributed by atoms with Gasteiger partial charge in [0.15, 0.2) is 0 Å². The molecular formula is C14H26N4. The van der Waals surface area contributed by atoms with E-state index in [1.807, 2.05) is 6.20 Å². The van der Waals surface area contributed by atoms with Crippen LogP contribution in [-0.4, -0.2) is 34.1 Å². The third-order valence-electron chi connectivity index (χ3n) is 3.97. The van der Waals surface area contributed by atoms with Crippen LogP contribution in [0.5, 0.6) is 0 Å². The number of imidazole rings is 1. The number of rotatable bonds is 6. The van der Waals surface area contributed by atoms with Crippen LogP contribution in [-0.2, 0) is 13.1 Å². The predicted octanol–water partition coefficient (Wildman–Crippen LogP) is 1.85. The second-order valence-electron chi connectivity index (χ2n) is 6.12. The summed E-state index contributed by atoms with van der Waals surface area (Å²) in [6.45, 7) is 9.87. The third kappa shape index (κ3) is 3.56. The van der Waals surface area contributed by atoms with Gasteiger partial charge < -0.3 is 10.3 Å². The van der Waals surface area contributed by atoms with Gasteiger partial charge in [-0.1, -0.05) is 13.8 Å². The van der Waals surface area contributed by atoms with Crippen molar-refractivity contribution in [3.05, 3.63) is 18.2 Å². The molecule has 0 fully saturated rings. The van der Waals surface area contributed by atoms with Crippen molar-refractivity contribution >= 4 is 0 Å². The van der Waals surface area contributed by atoms with E-state index in [2.05, 4.69) is 34.5 Å². The van der Waals surface area contributed by atoms with E-state index in [-0.39, 0.29) is 0 Å². The van der Waals surface area contributed by atoms with Crippen molar-refractivity contribution in [2.45, 2.75) is 46.2 Å². The smallest absolute Gasteiger partial charge is 0.122 e. The Kier molecular flexibility index (Phi) is 4.40. The summed E-state index contributed by atoms with van der Waals surface area (Å²) in [6, 6.07) is 0. The Bertz CT molecular complexity index is 370. The Labute approximate surface area is 110 Å². The van der Waals surface area contributed by atoms with E-state index in [4.69, 9.17) is 5.73 Å². The molecule has 0 amide bonds. The van der Waals surface area contributed by atoms with Gasteiger partial charge in [-0.25, -0.2) is 4.98 Å². The molecule has 0 spiro atoms. The van der Waals surface area contributed by atoms with E-state index in [0.717, 1.165) is 32.6 Å². The molecule has 0 aliphatic carbocycles. The first kappa shape index (κ1) is 13.6. The van der Waals surface area contributed by atoms with Gasteiger partial charge in [-0.05, 0) is 37.8 Å². The molecule has 0 aromatic carbocycles. The second-order valence-corrected chi connectivity index (χ2v) is 6.12. The molecule has 1 aliphatic heterocycles. The standard InChI is InChI=1S/C14H26N4/c1-14(2,5-6-15)4-3-8-17-10-11-18-9-7-16-13(18)12-17/h7,9H,3-6,8,10-12,15H2,1-2H3. The van der Waals surface area contributed by atoms with Crippen molar-refractivity contribution < 1.29 is 0 Å². The minimum atomic E-state index is 0.392. The van der Waals surface area contributed by atoms with Crippen LogP contribution in [0.15, 0.2) is 12.4 Å². The molecule has 4 nitrogen and oxygen atoms in total. The molecular weight excluding hydrogens is 224 g/mol. The lowest BCUT2D eigenvalue weighted by Crippen LogP contribution is -2.34. The molecule has 0 atom stereocenters. The zero-order chi connectivity index (χ0) is 13.0.